The quantitative estimate of drug-likeness (QED) is 0.851. The van der Waals surface area contributed by atoms with Crippen molar-refractivity contribution >= 4 is 46.4 Å². The first-order valence-corrected chi connectivity index (χ1v) is 7.87. The number of anilines is 2. The van der Waals surface area contributed by atoms with Crippen LogP contribution in [0, 0.1) is 6.92 Å². The molecule has 4 nitrogen and oxygen atoms in total. The summed E-state index contributed by atoms with van der Waals surface area (Å²) in [5.74, 6) is -0.632. The highest BCUT2D eigenvalue weighted by Gasteiger charge is 2.40. The highest BCUT2D eigenvalue weighted by molar-refractivity contribution is 6.45. The fourth-order valence-corrected chi connectivity index (χ4v) is 2.97. The molecule has 0 unspecified atom stereocenters. The smallest absolute Gasteiger partial charge is 0.256 e. The molecule has 2 amide bonds. The Balaban J connectivity index is 1.89. The third kappa shape index (κ3) is 2.92. The van der Waals surface area contributed by atoms with Gasteiger partial charge in [0, 0.05) is 5.69 Å². The van der Waals surface area contributed by atoms with Crippen molar-refractivity contribution < 1.29 is 9.59 Å². The Morgan fingerprint density at radius 2 is 1.83 bits per heavy atom. The number of nitrogens with one attached hydrogen (secondary N) is 1. The Kier molecular flexibility index (Phi) is 4.28. The minimum atomic E-state index is -0.612. The summed E-state index contributed by atoms with van der Waals surface area (Å²) in [6, 6.07) is 11.9. The van der Waals surface area contributed by atoms with Crippen molar-refractivity contribution in [1.82, 2.24) is 0 Å². The first-order valence-electron chi connectivity index (χ1n) is 7.12. The van der Waals surface area contributed by atoms with Crippen molar-refractivity contribution in [3.8, 4) is 0 Å². The molecule has 1 N–H and O–H groups in total. The molecule has 1 aliphatic heterocycles. The lowest BCUT2D eigenvalue weighted by Gasteiger charge is -2.18. The van der Waals surface area contributed by atoms with E-state index in [0.29, 0.717) is 10.7 Å². The van der Waals surface area contributed by atoms with Gasteiger partial charge in [-0.3, -0.25) is 9.59 Å². The molecule has 0 spiro atoms. The van der Waals surface area contributed by atoms with Gasteiger partial charge in [0.15, 0.2) is 0 Å². The van der Waals surface area contributed by atoms with Crippen LogP contribution in [0.15, 0.2) is 42.5 Å². The normalized spacial score (nSPS) is 17.7. The van der Waals surface area contributed by atoms with E-state index in [1.165, 1.54) is 0 Å². The molecule has 0 saturated carbocycles. The van der Waals surface area contributed by atoms with E-state index in [1.54, 1.807) is 18.2 Å². The standard InChI is InChI=1S/C17H14Cl2N2O2/c1-10-5-2-3-7-12(10)20-13-9-15(22)21(17(13)23)14-8-4-6-11(18)16(14)19/h2-8,13,20H,9H2,1H3/t13-/m0/s1. The molecule has 1 saturated heterocycles. The number of para-hydroxylation sites is 1. The highest BCUT2D eigenvalue weighted by atomic mass is 35.5. The number of hydrogen-bond donors (Lipinski definition) is 1. The Bertz CT molecular complexity index is 792. The average Bonchev–Trinajstić information content (AvgIpc) is 2.79. The second-order valence-electron chi connectivity index (χ2n) is 5.36. The maximum atomic E-state index is 12.6. The van der Waals surface area contributed by atoms with Crippen LogP contribution in [0.1, 0.15) is 12.0 Å². The minimum Gasteiger partial charge on any atom is -0.373 e. The Morgan fingerprint density at radius 1 is 1.09 bits per heavy atom. The number of halogens is 2. The molecule has 6 heteroatoms. The molecule has 1 aliphatic rings. The van der Waals surface area contributed by atoms with Crippen molar-refractivity contribution in [1.29, 1.82) is 0 Å². The summed E-state index contributed by atoms with van der Waals surface area (Å²) in [7, 11) is 0. The number of amides is 2. The van der Waals surface area contributed by atoms with Crippen LogP contribution in [0.2, 0.25) is 10.0 Å². The lowest BCUT2D eigenvalue weighted by molar-refractivity contribution is -0.121. The van der Waals surface area contributed by atoms with Crippen LogP contribution in [0.25, 0.3) is 0 Å². The molecule has 118 valence electrons. The van der Waals surface area contributed by atoms with Gasteiger partial charge in [-0.25, -0.2) is 4.90 Å². The lowest BCUT2D eigenvalue weighted by Crippen LogP contribution is -2.35. The van der Waals surface area contributed by atoms with E-state index in [0.717, 1.165) is 16.2 Å². The van der Waals surface area contributed by atoms with E-state index in [1.807, 2.05) is 31.2 Å². The number of nitrogens with zero attached hydrogens (tertiary/aromatic N) is 1. The van der Waals surface area contributed by atoms with Crippen LogP contribution in [0.4, 0.5) is 11.4 Å². The second kappa shape index (κ2) is 6.22. The average molecular weight is 349 g/mol. The number of carbonyl (C=O) groups is 2. The van der Waals surface area contributed by atoms with E-state index in [4.69, 9.17) is 23.2 Å². The van der Waals surface area contributed by atoms with Crippen molar-refractivity contribution in [2.45, 2.75) is 19.4 Å². The summed E-state index contributed by atoms with van der Waals surface area (Å²) < 4.78 is 0. The maximum Gasteiger partial charge on any atom is 0.256 e. The predicted molar refractivity (Wildman–Crippen MR) is 92.2 cm³/mol. The van der Waals surface area contributed by atoms with E-state index >= 15 is 0 Å². The van der Waals surface area contributed by atoms with Gasteiger partial charge in [-0.2, -0.15) is 0 Å². The molecule has 0 aliphatic carbocycles. The Morgan fingerprint density at radius 3 is 2.57 bits per heavy atom. The molecule has 1 fully saturated rings. The van der Waals surface area contributed by atoms with Crippen LogP contribution in [-0.4, -0.2) is 17.9 Å². The third-order valence-corrected chi connectivity index (χ3v) is 4.60. The van der Waals surface area contributed by atoms with Gasteiger partial charge in [0.2, 0.25) is 5.91 Å². The zero-order valence-corrected chi connectivity index (χ0v) is 13.9. The molecule has 0 radical (unpaired) electrons. The monoisotopic (exact) mass is 348 g/mol. The fraction of sp³-hybridized carbons (Fsp3) is 0.176. The van der Waals surface area contributed by atoms with Crippen molar-refractivity contribution in [2.75, 3.05) is 10.2 Å². The van der Waals surface area contributed by atoms with Crippen LogP contribution < -0.4 is 10.2 Å². The number of imide groups is 1. The van der Waals surface area contributed by atoms with Gasteiger partial charge in [-0.1, -0.05) is 47.5 Å². The largest absolute Gasteiger partial charge is 0.373 e. The van der Waals surface area contributed by atoms with Gasteiger partial charge >= 0.3 is 0 Å². The van der Waals surface area contributed by atoms with Gasteiger partial charge in [-0.05, 0) is 30.7 Å². The van der Waals surface area contributed by atoms with Crippen LogP contribution in [-0.2, 0) is 9.59 Å². The third-order valence-electron chi connectivity index (χ3n) is 3.79. The van der Waals surface area contributed by atoms with E-state index in [2.05, 4.69) is 5.32 Å². The summed E-state index contributed by atoms with van der Waals surface area (Å²) in [5, 5.41) is 3.64. The zero-order chi connectivity index (χ0) is 16.6. The van der Waals surface area contributed by atoms with Crippen molar-refractivity contribution in [3.63, 3.8) is 0 Å². The first kappa shape index (κ1) is 15.8. The summed E-state index contributed by atoms with van der Waals surface area (Å²) in [4.78, 5) is 26.0. The van der Waals surface area contributed by atoms with E-state index in [-0.39, 0.29) is 23.3 Å². The minimum absolute atomic E-state index is 0.0794. The summed E-state index contributed by atoms with van der Waals surface area (Å²) >= 11 is 12.1. The second-order valence-corrected chi connectivity index (χ2v) is 6.14. The molecule has 2 aromatic rings. The lowest BCUT2D eigenvalue weighted by atomic mass is 10.1. The van der Waals surface area contributed by atoms with Gasteiger partial charge < -0.3 is 5.32 Å². The summed E-state index contributed by atoms with van der Waals surface area (Å²) in [5.41, 5.74) is 2.16. The number of benzene rings is 2. The zero-order valence-electron chi connectivity index (χ0n) is 12.3. The van der Waals surface area contributed by atoms with Gasteiger partial charge in [-0.15, -0.1) is 0 Å². The van der Waals surface area contributed by atoms with E-state index in [9.17, 15) is 9.59 Å². The molecule has 23 heavy (non-hydrogen) atoms. The first-order chi connectivity index (χ1) is 11.0. The number of aryl methyl sites for hydroxylation is 1. The van der Waals surface area contributed by atoms with Gasteiger partial charge in [0.25, 0.3) is 5.91 Å². The number of carbonyl (C=O) groups excluding carboxylic acids is 2. The summed E-state index contributed by atoms with van der Waals surface area (Å²) in [6.45, 7) is 1.94. The Labute approximate surface area is 144 Å². The molecule has 3 rings (SSSR count). The molecule has 0 aromatic heterocycles. The van der Waals surface area contributed by atoms with Crippen molar-refractivity contribution in [3.05, 3.63) is 58.1 Å². The molecule has 2 aromatic carbocycles. The van der Waals surface area contributed by atoms with Crippen molar-refractivity contribution in [2.24, 2.45) is 0 Å². The molecule has 1 heterocycles. The highest BCUT2D eigenvalue weighted by Crippen LogP contribution is 2.35. The fourth-order valence-electron chi connectivity index (χ4n) is 2.59. The van der Waals surface area contributed by atoms with Crippen LogP contribution >= 0.6 is 23.2 Å². The number of rotatable bonds is 3. The maximum absolute atomic E-state index is 12.6. The van der Waals surface area contributed by atoms with Gasteiger partial charge in [0.1, 0.15) is 6.04 Å². The van der Waals surface area contributed by atoms with Crippen LogP contribution in [0.5, 0.6) is 0 Å². The van der Waals surface area contributed by atoms with E-state index < -0.39 is 6.04 Å². The molecule has 1 atom stereocenters. The number of hydrogen-bond acceptors (Lipinski definition) is 3. The SMILES string of the molecule is Cc1ccccc1N[C@H]1CC(=O)N(c2cccc(Cl)c2Cl)C1=O. The molecule has 0 bridgehead atoms. The summed E-state index contributed by atoms with van der Waals surface area (Å²) in [6.07, 6.45) is 0.0794. The van der Waals surface area contributed by atoms with Gasteiger partial charge in [0.05, 0.1) is 22.2 Å². The van der Waals surface area contributed by atoms with Crippen LogP contribution in [0.3, 0.4) is 0 Å². The molecular weight excluding hydrogens is 335 g/mol. The molecular formula is C17H14Cl2N2O2. The topological polar surface area (TPSA) is 49.4 Å². The predicted octanol–water partition coefficient (Wildman–Crippen LogP) is 4.05. The Hall–Kier alpha value is -2.04.